The number of esters is 2. The Bertz CT molecular complexity index is 440. The number of nitrogen functional groups attached to an aromatic ring is 1. The van der Waals surface area contributed by atoms with Crippen LogP contribution >= 0.6 is 0 Å². The largest absolute Gasteiger partial charge is 0.468 e. The molecule has 8 heteroatoms. The molecule has 0 amide bonds. The van der Waals surface area contributed by atoms with Crippen LogP contribution in [0.15, 0.2) is 6.07 Å². The summed E-state index contributed by atoms with van der Waals surface area (Å²) in [5.41, 5.74) is 6.17. The van der Waals surface area contributed by atoms with Gasteiger partial charge >= 0.3 is 11.9 Å². The summed E-state index contributed by atoms with van der Waals surface area (Å²) in [5, 5.41) is 0. The molecule has 0 atom stereocenters. The van der Waals surface area contributed by atoms with E-state index < -0.39 is 11.9 Å². The average Bonchev–Trinajstić information content (AvgIpc) is 2.36. The van der Waals surface area contributed by atoms with Gasteiger partial charge in [-0.25, -0.2) is 4.98 Å². The summed E-state index contributed by atoms with van der Waals surface area (Å²) >= 11 is 0. The monoisotopic (exact) mass is 268 g/mol. The lowest BCUT2D eigenvalue weighted by atomic mass is 10.3. The fraction of sp³-hybridized carbons (Fsp3) is 0.455. The van der Waals surface area contributed by atoms with Gasteiger partial charge in [0.2, 0.25) is 5.95 Å². The molecule has 0 aliphatic carbocycles. The first-order valence-electron chi connectivity index (χ1n) is 5.46. The fourth-order valence-electron chi connectivity index (χ4n) is 1.40. The highest BCUT2D eigenvalue weighted by atomic mass is 16.5. The zero-order valence-electron chi connectivity index (χ0n) is 11.0. The number of nitrogens with zero attached hydrogens (tertiary/aromatic N) is 3. The smallest absolute Gasteiger partial charge is 0.325 e. The van der Waals surface area contributed by atoms with Crippen molar-refractivity contribution in [3.8, 4) is 0 Å². The van der Waals surface area contributed by atoms with E-state index in [0.29, 0.717) is 11.5 Å². The highest BCUT2D eigenvalue weighted by Gasteiger charge is 2.18. The van der Waals surface area contributed by atoms with Crippen LogP contribution in [0.5, 0.6) is 0 Å². The molecule has 104 valence electrons. The lowest BCUT2D eigenvalue weighted by Gasteiger charge is -2.21. The van der Waals surface area contributed by atoms with Gasteiger partial charge in [-0.2, -0.15) is 4.98 Å². The predicted octanol–water partition coefficient (Wildman–Crippen LogP) is -0.480. The van der Waals surface area contributed by atoms with Crippen molar-refractivity contribution in [2.45, 2.75) is 6.92 Å². The molecule has 0 fully saturated rings. The van der Waals surface area contributed by atoms with Crippen LogP contribution in [0, 0.1) is 6.92 Å². The summed E-state index contributed by atoms with van der Waals surface area (Å²) in [6.07, 6.45) is 0. The maximum Gasteiger partial charge on any atom is 0.325 e. The molecule has 0 aromatic carbocycles. The number of anilines is 2. The first kappa shape index (κ1) is 14.7. The quantitative estimate of drug-likeness (QED) is 0.713. The van der Waals surface area contributed by atoms with E-state index in [4.69, 9.17) is 5.73 Å². The SMILES string of the molecule is COC(=O)CN(CC(=O)OC)c1cc(C)nc(N)n1. The number of ether oxygens (including phenoxy) is 2. The lowest BCUT2D eigenvalue weighted by Crippen LogP contribution is -2.36. The Balaban J connectivity index is 2.99. The third-order valence-corrected chi connectivity index (χ3v) is 2.28. The standard InChI is InChI=1S/C11H16N4O4/c1-7-4-8(14-11(12)13-7)15(5-9(16)18-2)6-10(17)19-3/h4H,5-6H2,1-3H3,(H2,12,13,14). The van der Waals surface area contributed by atoms with Crippen LogP contribution < -0.4 is 10.6 Å². The van der Waals surface area contributed by atoms with E-state index in [2.05, 4.69) is 19.4 Å². The molecule has 1 aromatic heterocycles. The fourth-order valence-corrected chi connectivity index (χ4v) is 1.40. The molecule has 0 unspecified atom stereocenters. The van der Waals surface area contributed by atoms with Crippen molar-refractivity contribution in [1.82, 2.24) is 9.97 Å². The minimum atomic E-state index is -0.501. The summed E-state index contributed by atoms with van der Waals surface area (Å²) in [7, 11) is 2.52. The number of carbonyl (C=O) groups is 2. The van der Waals surface area contributed by atoms with E-state index in [0.717, 1.165) is 0 Å². The molecule has 1 heterocycles. The molecular weight excluding hydrogens is 252 g/mol. The van der Waals surface area contributed by atoms with Gasteiger partial charge in [-0.3, -0.25) is 9.59 Å². The maximum absolute atomic E-state index is 11.3. The summed E-state index contributed by atoms with van der Waals surface area (Å²) in [4.78, 5) is 32.0. The second-order valence-electron chi connectivity index (χ2n) is 3.73. The number of hydrogen-bond donors (Lipinski definition) is 1. The Morgan fingerprint density at radius 1 is 1.21 bits per heavy atom. The molecule has 19 heavy (non-hydrogen) atoms. The summed E-state index contributed by atoms with van der Waals surface area (Å²) in [6, 6.07) is 1.61. The topological polar surface area (TPSA) is 108 Å². The van der Waals surface area contributed by atoms with Crippen molar-refractivity contribution in [2.24, 2.45) is 0 Å². The molecule has 0 bridgehead atoms. The number of methoxy groups -OCH3 is 2. The lowest BCUT2D eigenvalue weighted by molar-refractivity contribution is -0.140. The zero-order chi connectivity index (χ0) is 14.4. The van der Waals surface area contributed by atoms with Crippen LogP contribution in [-0.4, -0.2) is 49.2 Å². The van der Waals surface area contributed by atoms with Gasteiger partial charge in [0.1, 0.15) is 18.9 Å². The van der Waals surface area contributed by atoms with Crippen LogP contribution in [0.1, 0.15) is 5.69 Å². The molecule has 0 radical (unpaired) electrons. The average molecular weight is 268 g/mol. The first-order valence-corrected chi connectivity index (χ1v) is 5.46. The molecule has 0 aliphatic rings. The molecule has 8 nitrogen and oxygen atoms in total. The van der Waals surface area contributed by atoms with Crippen molar-refractivity contribution >= 4 is 23.7 Å². The minimum Gasteiger partial charge on any atom is -0.468 e. The Morgan fingerprint density at radius 3 is 2.16 bits per heavy atom. The second kappa shape index (κ2) is 6.53. The van der Waals surface area contributed by atoms with Crippen molar-refractivity contribution < 1.29 is 19.1 Å². The van der Waals surface area contributed by atoms with Crippen molar-refractivity contribution in [2.75, 3.05) is 37.9 Å². The third-order valence-electron chi connectivity index (χ3n) is 2.28. The molecule has 2 N–H and O–H groups in total. The van der Waals surface area contributed by atoms with Crippen LogP contribution in [0.25, 0.3) is 0 Å². The number of carbonyl (C=O) groups excluding carboxylic acids is 2. The second-order valence-corrected chi connectivity index (χ2v) is 3.73. The van der Waals surface area contributed by atoms with Crippen molar-refractivity contribution in [3.05, 3.63) is 11.8 Å². The van der Waals surface area contributed by atoms with Gasteiger partial charge < -0.3 is 20.1 Å². The van der Waals surface area contributed by atoms with E-state index in [1.807, 2.05) is 0 Å². The van der Waals surface area contributed by atoms with Gasteiger partial charge in [0.15, 0.2) is 0 Å². The van der Waals surface area contributed by atoms with Gasteiger partial charge in [-0.1, -0.05) is 0 Å². The van der Waals surface area contributed by atoms with E-state index in [1.54, 1.807) is 13.0 Å². The first-order chi connectivity index (χ1) is 8.96. The Hall–Kier alpha value is -2.38. The number of aromatic nitrogens is 2. The summed E-state index contributed by atoms with van der Waals surface area (Å²) in [5.74, 6) is -0.576. The zero-order valence-corrected chi connectivity index (χ0v) is 11.0. The maximum atomic E-state index is 11.3. The highest BCUT2D eigenvalue weighted by Crippen LogP contribution is 2.13. The number of hydrogen-bond acceptors (Lipinski definition) is 8. The van der Waals surface area contributed by atoms with Crippen LogP contribution in [0.4, 0.5) is 11.8 Å². The Kier molecular flexibility index (Phi) is 5.04. The van der Waals surface area contributed by atoms with Gasteiger partial charge in [-0.05, 0) is 6.92 Å². The number of aryl methyl sites for hydroxylation is 1. The normalized spacial score (nSPS) is 9.84. The molecule has 0 saturated carbocycles. The molecule has 0 spiro atoms. The van der Waals surface area contributed by atoms with E-state index in [1.165, 1.54) is 19.1 Å². The molecular formula is C11H16N4O4. The highest BCUT2D eigenvalue weighted by molar-refractivity contribution is 5.80. The van der Waals surface area contributed by atoms with E-state index in [-0.39, 0.29) is 19.0 Å². The Morgan fingerprint density at radius 2 is 1.74 bits per heavy atom. The molecule has 1 rings (SSSR count). The van der Waals surface area contributed by atoms with Gasteiger partial charge in [0.25, 0.3) is 0 Å². The number of rotatable bonds is 5. The summed E-state index contributed by atoms with van der Waals surface area (Å²) < 4.78 is 9.14. The molecule has 0 saturated heterocycles. The van der Waals surface area contributed by atoms with Crippen LogP contribution in [0.3, 0.4) is 0 Å². The van der Waals surface area contributed by atoms with E-state index >= 15 is 0 Å². The van der Waals surface area contributed by atoms with Crippen LogP contribution in [-0.2, 0) is 19.1 Å². The van der Waals surface area contributed by atoms with Crippen molar-refractivity contribution in [1.29, 1.82) is 0 Å². The predicted molar refractivity (Wildman–Crippen MR) is 67.4 cm³/mol. The number of nitrogens with two attached hydrogens (primary N) is 1. The van der Waals surface area contributed by atoms with Gasteiger partial charge in [-0.15, -0.1) is 0 Å². The van der Waals surface area contributed by atoms with Gasteiger partial charge in [0, 0.05) is 11.8 Å². The summed E-state index contributed by atoms with van der Waals surface area (Å²) in [6.45, 7) is 1.46. The Labute approximate surface area is 110 Å². The van der Waals surface area contributed by atoms with Crippen molar-refractivity contribution in [3.63, 3.8) is 0 Å². The minimum absolute atomic E-state index is 0.0646. The van der Waals surface area contributed by atoms with Gasteiger partial charge in [0.05, 0.1) is 14.2 Å². The third kappa shape index (κ3) is 4.41. The molecule has 1 aromatic rings. The van der Waals surface area contributed by atoms with Crippen LogP contribution in [0.2, 0.25) is 0 Å². The van der Waals surface area contributed by atoms with E-state index in [9.17, 15) is 9.59 Å². The molecule has 0 aliphatic heterocycles.